The van der Waals surface area contributed by atoms with Crippen LogP contribution in [0.1, 0.15) is 30.1 Å². The van der Waals surface area contributed by atoms with Crippen molar-refractivity contribution in [3.63, 3.8) is 0 Å². The Morgan fingerprint density at radius 2 is 2.29 bits per heavy atom. The summed E-state index contributed by atoms with van der Waals surface area (Å²) in [7, 11) is 0. The zero-order valence-corrected chi connectivity index (χ0v) is 11.0. The Kier molecular flexibility index (Phi) is 5.21. The maximum Gasteiger partial charge on any atom is 0.308 e. The Balaban J connectivity index is 2.52. The number of halogens is 1. The van der Waals surface area contributed by atoms with E-state index in [1.165, 1.54) is 12.3 Å². The van der Waals surface area contributed by atoms with Crippen LogP contribution >= 0.6 is 15.9 Å². The van der Waals surface area contributed by atoms with Crippen LogP contribution in [0.4, 0.5) is 0 Å². The SMILES string of the molecule is CCCC(CNC(=O)c1ccoc1Br)C(=O)O. The molecular formula is C11H14BrNO4. The lowest BCUT2D eigenvalue weighted by molar-refractivity contribution is -0.141. The van der Waals surface area contributed by atoms with Gasteiger partial charge in [-0.05, 0) is 28.4 Å². The van der Waals surface area contributed by atoms with Crippen LogP contribution in [0.25, 0.3) is 0 Å². The van der Waals surface area contributed by atoms with E-state index in [2.05, 4.69) is 21.2 Å². The van der Waals surface area contributed by atoms with Crippen molar-refractivity contribution in [2.24, 2.45) is 5.92 Å². The minimum Gasteiger partial charge on any atom is -0.481 e. The lowest BCUT2D eigenvalue weighted by atomic mass is 10.0. The zero-order chi connectivity index (χ0) is 12.8. The summed E-state index contributed by atoms with van der Waals surface area (Å²) < 4.78 is 5.27. The summed E-state index contributed by atoms with van der Waals surface area (Å²) in [6, 6.07) is 1.52. The number of nitrogens with one attached hydrogen (secondary N) is 1. The van der Waals surface area contributed by atoms with Gasteiger partial charge in [0.2, 0.25) is 0 Å². The summed E-state index contributed by atoms with van der Waals surface area (Å²) in [6.07, 6.45) is 2.70. The molecule has 2 N–H and O–H groups in total. The Bertz CT molecular complexity index is 402. The summed E-state index contributed by atoms with van der Waals surface area (Å²) >= 11 is 3.09. The number of carboxylic acid groups (broad SMARTS) is 1. The van der Waals surface area contributed by atoms with Crippen LogP contribution in [0.2, 0.25) is 0 Å². The normalized spacial score (nSPS) is 12.1. The molecule has 1 aromatic heterocycles. The first-order valence-electron chi connectivity index (χ1n) is 5.30. The van der Waals surface area contributed by atoms with Crippen LogP contribution in [0.3, 0.4) is 0 Å². The predicted octanol–water partition coefficient (Wildman–Crippen LogP) is 2.27. The average Bonchev–Trinajstić information content (AvgIpc) is 2.69. The molecule has 1 unspecified atom stereocenters. The molecule has 0 aromatic carbocycles. The van der Waals surface area contributed by atoms with Gasteiger partial charge in [0, 0.05) is 6.54 Å². The Hall–Kier alpha value is -1.30. The van der Waals surface area contributed by atoms with Gasteiger partial charge in [0.15, 0.2) is 4.67 Å². The van der Waals surface area contributed by atoms with Gasteiger partial charge >= 0.3 is 5.97 Å². The number of aliphatic carboxylic acids is 1. The van der Waals surface area contributed by atoms with Crippen LogP contribution < -0.4 is 5.32 Å². The minimum absolute atomic E-state index is 0.125. The van der Waals surface area contributed by atoms with Crippen LogP contribution in [0.15, 0.2) is 21.4 Å². The average molecular weight is 304 g/mol. The molecule has 0 radical (unpaired) electrons. The van der Waals surface area contributed by atoms with E-state index < -0.39 is 11.9 Å². The molecule has 0 saturated carbocycles. The van der Waals surface area contributed by atoms with E-state index in [1.807, 2.05) is 6.92 Å². The zero-order valence-electron chi connectivity index (χ0n) is 9.40. The molecular weight excluding hydrogens is 290 g/mol. The molecule has 1 heterocycles. The van der Waals surface area contributed by atoms with Gasteiger partial charge in [0.1, 0.15) is 0 Å². The molecule has 1 rings (SSSR count). The Morgan fingerprint density at radius 3 is 2.76 bits per heavy atom. The number of carbonyl (C=O) groups is 2. The van der Waals surface area contributed by atoms with E-state index in [4.69, 9.17) is 9.52 Å². The van der Waals surface area contributed by atoms with Gasteiger partial charge in [0.05, 0.1) is 17.7 Å². The first-order valence-corrected chi connectivity index (χ1v) is 6.09. The van der Waals surface area contributed by atoms with Crippen molar-refractivity contribution in [2.75, 3.05) is 6.54 Å². The van der Waals surface area contributed by atoms with E-state index in [0.29, 0.717) is 16.7 Å². The molecule has 0 aliphatic heterocycles. The quantitative estimate of drug-likeness (QED) is 0.845. The van der Waals surface area contributed by atoms with Crippen molar-refractivity contribution < 1.29 is 19.1 Å². The van der Waals surface area contributed by atoms with Crippen molar-refractivity contribution in [1.29, 1.82) is 0 Å². The van der Waals surface area contributed by atoms with Crippen molar-refractivity contribution in [3.8, 4) is 0 Å². The summed E-state index contributed by atoms with van der Waals surface area (Å²) in [5, 5.41) is 11.5. The van der Waals surface area contributed by atoms with Crippen LogP contribution in [0.5, 0.6) is 0 Å². The number of carboxylic acids is 1. The first-order chi connectivity index (χ1) is 8.06. The number of amides is 1. The third kappa shape index (κ3) is 3.89. The van der Waals surface area contributed by atoms with Crippen molar-refractivity contribution in [1.82, 2.24) is 5.32 Å². The topological polar surface area (TPSA) is 79.5 Å². The summed E-state index contributed by atoms with van der Waals surface area (Å²) in [5.74, 6) is -1.78. The highest BCUT2D eigenvalue weighted by atomic mass is 79.9. The molecule has 6 heteroatoms. The Morgan fingerprint density at radius 1 is 1.59 bits per heavy atom. The Labute approximate surface area is 107 Å². The van der Waals surface area contributed by atoms with E-state index in [1.54, 1.807) is 0 Å². The van der Waals surface area contributed by atoms with Crippen LogP contribution in [-0.2, 0) is 4.79 Å². The molecule has 0 saturated heterocycles. The summed E-state index contributed by atoms with van der Waals surface area (Å²) in [5.41, 5.74) is 0.366. The van der Waals surface area contributed by atoms with Gasteiger partial charge in [0.25, 0.3) is 5.91 Å². The van der Waals surface area contributed by atoms with E-state index in [9.17, 15) is 9.59 Å². The first kappa shape index (κ1) is 13.8. The number of rotatable bonds is 6. The highest BCUT2D eigenvalue weighted by Crippen LogP contribution is 2.17. The molecule has 17 heavy (non-hydrogen) atoms. The molecule has 0 aliphatic carbocycles. The van der Waals surface area contributed by atoms with Gasteiger partial charge in [-0.3, -0.25) is 9.59 Å². The molecule has 0 spiro atoms. The highest BCUT2D eigenvalue weighted by Gasteiger charge is 2.19. The molecule has 1 amide bonds. The summed E-state index contributed by atoms with van der Waals surface area (Å²) in [4.78, 5) is 22.5. The fraction of sp³-hybridized carbons (Fsp3) is 0.455. The van der Waals surface area contributed by atoms with Gasteiger partial charge in [-0.2, -0.15) is 0 Å². The van der Waals surface area contributed by atoms with Crippen molar-refractivity contribution in [2.45, 2.75) is 19.8 Å². The van der Waals surface area contributed by atoms with E-state index in [-0.39, 0.29) is 12.5 Å². The smallest absolute Gasteiger partial charge is 0.308 e. The van der Waals surface area contributed by atoms with Gasteiger partial charge < -0.3 is 14.8 Å². The molecule has 94 valence electrons. The largest absolute Gasteiger partial charge is 0.481 e. The number of hydrogen-bond donors (Lipinski definition) is 2. The number of hydrogen-bond acceptors (Lipinski definition) is 3. The van der Waals surface area contributed by atoms with Crippen molar-refractivity contribution >= 4 is 27.8 Å². The molecule has 0 fully saturated rings. The molecule has 5 nitrogen and oxygen atoms in total. The van der Waals surface area contributed by atoms with Crippen LogP contribution in [-0.4, -0.2) is 23.5 Å². The second kappa shape index (κ2) is 6.44. The second-order valence-corrected chi connectivity index (χ2v) is 4.36. The third-order valence-electron chi connectivity index (χ3n) is 2.36. The fourth-order valence-electron chi connectivity index (χ4n) is 1.43. The highest BCUT2D eigenvalue weighted by molar-refractivity contribution is 9.10. The number of carbonyl (C=O) groups excluding carboxylic acids is 1. The van der Waals surface area contributed by atoms with E-state index >= 15 is 0 Å². The second-order valence-electron chi connectivity index (χ2n) is 3.64. The maximum atomic E-state index is 11.7. The minimum atomic E-state index is -0.890. The third-order valence-corrected chi connectivity index (χ3v) is 2.97. The molecule has 0 bridgehead atoms. The van der Waals surface area contributed by atoms with E-state index in [0.717, 1.165) is 6.42 Å². The fourth-order valence-corrected chi connectivity index (χ4v) is 1.85. The van der Waals surface area contributed by atoms with Gasteiger partial charge in [-0.1, -0.05) is 13.3 Å². The molecule has 1 atom stereocenters. The van der Waals surface area contributed by atoms with Gasteiger partial charge in [-0.15, -0.1) is 0 Å². The lowest BCUT2D eigenvalue weighted by Gasteiger charge is -2.11. The summed E-state index contributed by atoms with van der Waals surface area (Å²) in [6.45, 7) is 2.03. The monoisotopic (exact) mass is 303 g/mol. The number of furan rings is 1. The maximum absolute atomic E-state index is 11.7. The van der Waals surface area contributed by atoms with Crippen molar-refractivity contribution in [3.05, 3.63) is 22.6 Å². The standard InChI is InChI=1S/C11H14BrNO4/c1-2-3-7(11(15)16)6-13-10(14)8-4-5-17-9(8)12/h4-5,7H,2-3,6H2,1H3,(H,13,14)(H,15,16). The lowest BCUT2D eigenvalue weighted by Crippen LogP contribution is -2.32. The van der Waals surface area contributed by atoms with Gasteiger partial charge in [-0.25, -0.2) is 0 Å². The molecule has 1 aromatic rings. The predicted molar refractivity (Wildman–Crippen MR) is 64.8 cm³/mol. The van der Waals surface area contributed by atoms with Crippen LogP contribution in [0, 0.1) is 5.92 Å². The molecule has 0 aliphatic rings.